The second-order valence-electron chi connectivity index (χ2n) is 2.99. The Balaban J connectivity index is 2.59. The number of aromatic nitrogens is 1. The highest BCUT2D eigenvalue weighted by atomic mass is 32.1. The van der Waals surface area contributed by atoms with Gasteiger partial charge in [0.2, 0.25) is 5.91 Å². The molecule has 0 bridgehead atoms. The Bertz CT molecular complexity index is 295. The molecule has 0 aliphatic carbocycles. The van der Waals surface area contributed by atoms with Gasteiger partial charge in [0.25, 0.3) is 0 Å². The lowest BCUT2D eigenvalue weighted by Gasteiger charge is -2.02. The summed E-state index contributed by atoms with van der Waals surface area (Å²) in [5.74, 6) is -0.0388. The third-order valence-electron chi connectivity index (χ3n) is 1.52. The van der Waals surface area contributed by atoms with Gasteiger partial charge in [-0.05, 0) is 0 Å². The first-order chi connectivity index (χ1) is 6.13. The van der Waals surface area contributed by atoms with Gasteiger partial charge in [0, 0.05) is 17.8 Å². The lowest BCUT2D eigenvalue weighted by Crippen LogP contribution is -2.17. The van der Waals surface area contributed by atoms with E-state index in [2.05, 4.69) is 10.3 Å². The fraction of sp³-hybridized carbons (Fsp3) is 0.500. The van der Waals surface area contributed by atoms with Crippen molar-refractivity contribution in [1.82, 2.24) is 4.98 Å². The van der Waals surface area contributed by atoms with Crippen LogP contribution in [0.15, 0.2) is 5.38 Å². The second-order valence-corrected chi connectivity index (χ2v) is 3.85. The first-order valence-electron chi connectivity index (χ1n) is 4.09. The molecule has 1 rings (SSSR count). The number of anilines is 1. The predicted octanol–water partition coefficient (Wildman–Crippen LogP) is 1.20. The van der Waals surface area contributed by atoms with Gasteiger partial charge in [-0.15, -0.1) is 11.3 Å². The molecular formula is C8H13N3OS. The molecule has 0 fully saturated rings. The number of hydrogen-bond acceptors (Lipinski definition) is 4. The fourth-order valence-electron chi connectivity index (χ4n) is 0.708. The van der Waals surface area contributed by atoms with E-state index in [0.29, 0.717) is 11.7 Å². The van der Waals surface area contributed by atoms with Crippen LogP contribution < -0.4 is 11.1 Å². The van der Waals surface area contributed by atoms with Crippen molar-refractivity contribution in [3.8, 4) is 0 Å². The maximum absolute atomic E-state index is 11.2. The van der Waals surface area contributed by atoms with Crippen LogP contribution in [0, 0.1) is 5.92 Å². The van der Waals surface area contributed by atoms with E-state index < -0.39 is 0 Å². The summed E-state index contributed by atoms with van der Waals surface area (Å²) in [5.41, 5.74) is 6.19. The van der Waals surface area contributed by atoms with E-state index in [-0.39, 0.29) is 11.8 Å². The quantitative estimate of drug-likeness (QED) is 0.768. The summed E-state index contributed by atoms with van der Waals surface area (Å²) in [6, 6.07) is 0. The zero-order valence-corrected chi connectivity index (χ0v) is 8.52. The van der Waals surface area contributed by atoms with Crippen molar-refractivity contribution in [2.75, 3.05) is 5.32 Å². The van der Waals surface area contributed by atoms with Crippen LogP contribution in [-0.4, -0.2) is 10.9 Å². The number of rotatable bonds is 3. The molecule has 0 atom stereocenters. The highest BCUT2D eigenvalue weighted by Gasteiger charge is 2.09. The van der Waals surface area contributed by atoms with Crippen molar-refractivity contribution in [2.24, 2.45) is 11.7 Å². The van der Waals surface area contributed by atoms with E-state index in [1.54, 1.807) is 0 Å². The summed E-state index contributed by atoms with van der Waals surface area (Å²) in [6.45, 7) is 4.09. The van der Waals surface area contributed by atoms with Gasteiger partial charge in [-0.25, -0.2) is 4.98 Å². The van der Waals surface area contributed by atoms with Crippen molar-refractivity contribution in [2.45, 2.75) is 20.4 Å². The summed E-state index contributed by atoms with van der Waals surface area (Å²) < 4.78 is 0. The van der Waals surface area contributed by atoms with Crippen molar-refractivity contribution in [1.29, 1.82) is 0 Å². The lowest BCUT2D eigenvalue weighted by molar-refractivity contribution is -0.118. The molecule has 0 saturated heterocycles. The Morgan fingerprint density at radius 1 is 1.77 bits per heavy atom. The Labute approximate surface area is 81.2 Å². The molecule has 0 aliphatic heterocycles. The van der Waals surface area contributed by atoms with E-state index in [1.807, 2.05) is 19.2 Å². The van der Waals surface area contributed by atoms with Gasteiger partial charge in [-0.3, -0.25) is 4.79 Å². The van der Waals surface area contributed by atoms with Crippen molar-refractivity contribution < 1.29 is 4.79 Å². The highest BCUT2D eigenvalue weighted by molar-refractivity contribution is 7.13. The number of hydrogen-bond donors (Lipinski definition) is 2. The molecule has 1 aromatic rings. The second kappa shape index (κ2) is 4.34. The zero-order chi connectivity index (χ0) is 9.84. The van der Waals surface area contributed by atoms with Crippen LogP contribution in [0.4, 0.5) is 5.13 Å². The molecule has 4 nitrogen and oxygen atoms in total. The van der Waals surface area contributed by atoms with Crippen molar-refractivity contribution >= 4 is 22.4 Å². The van der Waals surface area contributed by atoms with Crippen molar-refractivity contribution in [3.63, 3.8) is 0 Å². The van der Waals surface area contributed by atoms with Crippen LogP contribution >= 0.6 is 11.3 Å². The molecule has 0 aliphatic rings. The Hall–Kier alpha value is -0.940. The summed E-state index contributed by atoms with van der Waals surface area (Å²) >= 11 is 1.40. The number of carbonyl (C=O) groups excluding carboxylic acids is 1. The SMILES string of the molecule is CC(C)C(=O)Nc1nc(CN)cs1. The minimum Gasteiger partial charge on any atom is -0.325 e. The van der Waals surface area contributed by atoms with Gasteiger partial charge in [0.05, 0.1) is 5.69 Å². The number of nitrogens with zero attached hydrogens (tertiary/aromatic N) is 1. The van der Waals surface area contributed by atoms with E-state index in [0.717, 1.165) is 5.69 Å². The molecule has 1 amide bonds. The zero-order valence-electron chi connectivity index (χ0n) is 7.70. The van der Waals surface area contributed by atoms with Crippen LogP contribution in [0.3, 0.4) is 0 Å². The van der Waals surface area contributed by atoms with Crippen LogP contribution in [0.2, 0.25) is 0 Å². The summed E-state index contributed by atoms with van der Waals surface area (Å²) in [5, 5.41) is 5.18. The van der Waals surface area contributed by atoms with E-state index in [9.17, 15) is 4.79 Å². The smallest absolute Gasteiger partial charge is 0.228 e. The van der Waals surface area contributed by atoms with Crippen LogP contribution in [-0.2, 0) is 11.3 Å². The van der Waals surface area contributed by atoms with Gasteiger partial charge in [0.15, 0.2) is 5.13 Å². The van der Waals surface area contributed by atoms with Crippen LogP contribution in [0.1, 0.15) is 19.5 Å². The molecule has 0 spiro atoms. The Morgan fingerprint density at radius 3 is 2.92 bits per heavy atom. The molecule has 1 aromatic heterocycles. The van der Waals surface area contributed by atoms with Crippen molar-refractivity contribution in [3.05, 3.63) is 11.1 Å². The number of carbonyl (C=O) groups is 1. The molecule has 5 heteroatoms. The van der Waals surface area contributed by atoms with Gasteiger partial charge in [-0.1, -0.05) is 13.8 Å². The third-order valence-corrected chi connectivity index (χ3v) is 2.32. The normalized spacial score (nSPS) is 10.5. The monoisotopic (exact) mass is 199 g/mol. The Kier molecular flexibility index (Phi) is 3.39. The first kappa shape index (κ1) is 10.1. The molecule has 0 aromatic carbocycles. The minimum atomic E-state index is -0.0229. The standard InChI is InChI=1S/C8H13N3OS/c1-5(2)7(12)11-8-10-6(3-9)4-13-8/h4-5H,3,9H2,1-2H3,(H,10,11,12). The molecule has 1 heterocycles. The van der Waals surface area contributed by atoms with E-state index in [4.69, 9.17) is 5.73 Å². The number of amides is 1. The van der Waals surface area contributed by atoms with E-state index >= 15 is 0 Å². The molecule has 13 heavy (non-hydrogen) atoms. The molecule has 0 saturated carbocycles. The van der Waals surface area contributed by atoms with Gasteiger partial charge in [0.1, 0.15) is 0 Å². The number of nitrogens with one attached hydrogen (secondary N) is 1. The highest BCUT2D eigenvalue weighted by Crippen LogP contribution is 2.15. The average molecular weight is 199 g/mol. The van der Waals surface area contributed by atoms with E-state index in [1.165, 1.54) is 11.3 Å². The third kappa shape index (κ3) is 2.78. The van der Waals surface area contributed by atoms with Gasteiger partial charge >= 0.3 is 0 Å². The number of nitrogens with two attached hydrogens (primary N) is 1. The lowest BCUT2D eigenvalue weighted by atomic mass is 10.2. The minimum absolute atomic E-state index is 0.0158. The summed E-state index contributed by atoms with van der Waals surface area (Å²) in [6.07, 6.45) is 0. The van der Waals surface area contributed by atoms with Crippen LogP contribution in [0.5, 0.6) is 0 Å². The summed E-state index contributed by atoms with van der Waals surface area (Å²) in [4.78, 5) is 15.3. The predicted molar refractivity (Wildman–Crippen MR) is 53.5 cm³/mol. The largest absolute Gasteiger partial charge is 0.325 e. The molecule has 0 radical (unpaired) electrons. The maximum atomic E-state index is 11.2. The fourth-order valence-corrected chi connectivity index (χ4v) is 1.43. The molecule has 3 N–H and O–H groups in total. The molecular weight excluding hydrogens is 186 g/mol. The average Bonchev–Trinajstić information content (AvgIpc) is 2.52. The number of thiazole rings is 1. The molecule has 0 unspecified atom stereocenters. The summed E-state index contributed by atoms with van der Waals surface area (Å²) in [7, 11) is 0. The maximum Gasteiger partial charge on any atom is 0.228 e. The first-order valence-corrected chi connectivity index (χ1v) is 4.96. The topological polar surface area (TPSA) is 68.0 Å². The van der Waals surface area contributed by atoms with Crippen LogP contribution in [0.25, 0.3) is 0 Å². The van der Waals surface area contributed by atoms with Gasteiger partial charge < -0.3 is 11.1 Å². The molecule has 72 valence electrons. The Morgan fingerprint density at radius 2 is 2.46 bits per heavy atom. The van der Waals surface area contributed by atoms with Gasteiger partial charge in [-0.2, -0.15) is 0 Å².